The number of Topliss-reactive ketones (excluding diaryl/α,β-unsaturated/α-hetero) is 1. The minimum Gasteiger partial charge on any atom is -0.466 e. The topological polar surface area (TPSA) is 88.3 Å². The number of unbranched alkanes of at least 4 members (excludes halogenated alkanes) is 7. The molecule has 0 bridgehead atoms. The number of carbonyl (C=O) groups is 2. The van der Waals surface area contributed by atoms with Crippen molar-refractivity contribution in [2.24, 2.45) is 10.2 Å². The molecule has 2 rings (SSSR count). The van der Waals surface area contributed by atoms with E-state index in [0.717, 1.165) is 51.4 Å². The molecule has 0 aromatic rings. The Balaban J connectivity index is 0.000000420. The number of hydrogen-bond acceptors (Lipinski definition) is 6. The molecule has 0 aromatic carbocycles. The van der Waals surface area contributed by atoms with Gasteiger partial charge in [-0.05, 0) is 51.4 Å². The number of esters is 1. The lowest BCUT2D eigenvalue weighted by Gasteiger charge is -2.09. The third-order valence-corrected chi connectivity index (χ3v) is 6.97. The third kappa shape index (κ3) is 19.4. The van der Waals surface area contributed by atoms with Gasteiger partial charge in [0.15, 0.2) is 5.66 Å². The Morgan fingerprint density at radius 2 is 1.36 bits per heavy atom. The van der Waals surface area contributed by atoms with Crippen LogP contribution in [0.5, 0.6) is 0 Å². The van der Waals surface area contributed by atoms with Crippen molar-refractivity contribution >= 4 is 11.8 Å². The van der Waals surface area contributed by atoms with Gasteiger partial charge in [-0.1, -0.05) is 70.6 Å². The molecule has 6 heteroatoms. The number of carbonyl (C=O) groups excluding carboxylic acids is 2. The molecule has 0 unspecified atom stereocenters. The fourth-order valence-electron chi connectivity index (χ4n) is 4.57. The Morgan fingerprint density at radius 3 is 2.00 bits per heavy atom. The van der Waals surface area contributed by atoms with Crippen molar-refractivity contribution in [1.82, 2.24) is 0 Å². The maximum absolute atomic E-state index is 11.4. The number of terminal acetylenes is 1. The van der Waals surface area contributed by atoms with Crippen molar-refractivity contribution < 1.29 is 19.4 Å². The van der Waals surface area contributed by atoms with Gasteiger partial charge in [-0.3, -0.25) is 9.59 Å². The van der Waals surface area contributed by atoms with E-state index in [1.807, 2.05) is 0 Å². The number of nitrogens with zero attached hydrogens (tertiary/aromatic N) is 2. The van der Waals surface area contributed by atoms with Gasteiger partial charge in [0, 0.05) is 32.3 Å². The molecule has 0 spiro atoms. The Morgan fingerprint density at radius 1 is 0.806 bits per heavy atom. The van der Waals surface area contributed by atoms with Crippen molar-refractivity contribution in [3.63, 3.8) is 0 Å². The van der Waals surface area contributed by atoms with Crippen molar-refractivity contribution in [3.8, 4) is 12.3 Å². The zero-order chi connectivity index (χ0) is 26.2. The molecule has 2 heterocycles. The summed E-state index contributed by atoms with van der Waals surface area (Å²) in [7, 11) is 0. The van der Waals surface area contributed by atoms with Gasteiger partial charge in [-0.25, -0.2) is 0 Å². The fourth-order valence-corrected chi connectivity index (χ4v) is 4.57. The van der Waals surface area contributed by atoms with Crippen molar-refractivity contribution in [2.45, 2.75) is 153 Å². The molecule has 1 N–H and O–H groups in total. The lowest BCUT2D eigenvalue weighted by molar-refractivity contribution is -0.143. The first kappa shape index (κ1) is 32.3. The van der Waals surface area contributed by atoms with E-state index in [1.165, 1.54) is 70.6 Å². The predicted molar refractivity (Wildman–Crippen MR) is 146 cm³/mol. The van der Waals surface area contributed by atoms with E-state index in [-0.39, 0.29) is 18.2 Å². The van der Waals surface area contributed by atoms with Gasteiger partial charge in [-0.2, -0.15) is 10.2 Å². The number of aliphatic hydroxyl groups is 1. The summed E-state index contributed by atoms with van der Waals surface area (Å²) >= 11 is 0. The van der Waals surface area contributed by atoms with Crippen molar-refractivity contribution in [3.05, 3.63) is 0 Å². The minimum absolute atomic E-state index is 0.000531. The lowest BCUT2D eigenvalue weighted by atomic mass is 9.98. The highest BCUT2D eigenvalue weighted by atomic mass is 16.5. The summed E-state index contributed by atoms with van der Waals surface area (Å²) in [4.78, 5) is 22.5. The summed E-state index contributed by atoms with van der Waals surface area (Å²) in [5.41, 5.74) is -0.0637. The zero-order valence-corrected chi connectivity index (χ0v) is 22.8. The van der Waals surface area contributed by atoms with Crippen LogP contribution in [-0.2, 0) is 14.3 Å². The first-order valence-corrected chi connectivity index (χ1v) is 14.8. The van der Waals surface area contributed by atoms with Gasteiger partial charge in [0.25, 0.3) is 0 Å². The van der Waals surface area contributed by atoms with Gasteiger partial charge in [-0.15, -0.1) is 12.3 Å². The van der Waals surface area contributed by atoms with E-state index in [0.29, 0.717) is 38.1 Å². The molecule has 0 saturated carbocycles. The monoisotopic (exact) mass is 504 g/mol. The first-order valence-electron chi connectivity index (χ1n) is 14.8. The summed E-state index contributed by atoms with van der Waals surface area (Å²) in [5.74, 6) is 2.97. The maximum atomic E-state index is 11.4. The molecular weight excluding hydrogens is 452 g/mol. The molecule has 0 aromatic heterocycles. The minimum atomic E-state index is -0.0637. The van der Waals surface area contributed by atoms with Crippen LogP contribution in [0.4, 0.5) is 0 Å². The van der Waals surface area contributed by atoms with E-state index in [9.17, 15) is 9.59 Å². The summed E-state index contributed by atoms with van der Waals surface area (Å²) in [6.45, 7) is 0.760. The van der Waals surface area contributed by atoms with E-state index in [4.69, 9.17) is 16.3 Å². The second-order valence-corrected chi connectivity index (χ2v) is 10.4. The number of cyclic esters (lactones) is 1. The quantitative estimate of drug-likeness (QED) is 0.132. The Kier molecular flexibility index (Phi) is 20.1. The van der Waals surface area contributed by atoms with E-state index in [2.05, 4.69) is 16.1 Å². The summed E-state index contributed by atoms with van der Waals surface area (Å²) in [6, 6.07) is 0. The number of rotatable bonds is 16. The fraction of sp³-hybridized carbons (Fsp3) is 0.867. The SMILES string of the molecule is C#CCCCC1(CCCCCCCCCC(=O)CCCO)N=N1.O=C1CCCCCCCCCCO1. The van der Waals surface area contributed by atoms with Gasteiger partial charge in [0.05, 0.1) is 6.61 Å². The second-order valence-electron chi connectivity index (χ2n) is 10.4. The van der Waals surface area contributed by atoms with Crippen LogP contribution in [0.15, 0.2) is 10.2 Å². The highest BCUT2D eigenvalue weighted by Gasteiger charge is 2.38. The molecule has 206 valence electrons. The number of ether oxygens (including phenoxy) is 1. The van der Waals surface area contributed by atoms with E-state index < -0.39 is 0 Å². The van der Waals surface area contributed by atoms with E-state index in [1.54, 1.807) is 0 Å². The zero-order valence-electron chi connectivity index (χ0n) is 22.8. The van der Waals surface area contributed by atoms with Gasteiger partial charge < -0.3 is 9.84 Å². The van der Waals surface area contributed by atoms with Crippen LogP contribution < -0.4 is 0 Å². The maximum Gasteiger partial charge on any atom is 0.305 e. The summed E-state index contributed by atoms with van der Waals surface area (Å²) < 4.78 is 5.08. The van der Waals surface area contributed by atoms with Crippen LogP contribution in [0.25, 0.3) is 0 Å². The molecular formula is C30H52N2O4. The van der Waals surface area contributed by atoms with Crippen molar-refractivity contribution in [2.75, 3.05) is 13.2 Å². The molecule has 1 saturated heterocycles. The average Bonchev–Trinajstić information content (AvgIpc) is 3.64. The highest BCUT2D eigenvalue weighted by Crippen LogP contribution is 2.38. The van der Waals surface area contributed by atoms with Crippen molar-refractivity contribution in [1.29, 1.82) is 0 Å². The molecule has 0 atom stereocenters. The Hall–Kier alpha value is -1.74. The molecule has 0 amide bonds. The Labute approximate surface area is 220 Å². The van der Waals surface area contributed by atoms with E-state index >= 15 is 0 Å². The number of ketones is 1. The van der Waals surface area contributed by atoms with Crippen LogP contribution >= 0.6 is 0 Å². The first-order chi connectivity index (χ1) is 17.6. The molecule has 2 aliphatic rings. The molecule has 1 fully saturated rings. The summed E-state index contributed by atoms with van der Waals surface area (Å²) in [6.07, 6.45) is 29.8. The van der Waals surface area contributed by atoms with Crippen LogP contribution in [0.2, 0.25) is 0 Å². The highest BCUT2D eigenvalue weighted by molar-refractivity contribution is 5.78. The Bertz CT molecular complexity index is 621. The standard InChI is InChI=1S/C19H32N2O2.C11H20O2/c1-2-3-10-15-19(20-21-19)16-11-8-6-4-5-7-9-13-18(23)14-12-17-22;12-11-9-7-5-3-1-2-4-6-8-10-13-11/h1,22H,3-17H2;1-10H2. The number of hydrogen-bond donors (Lipinski definition) is 1. The van der Waals surface area contributed by atoms with Gasteiger partial charge in [0.1, 0.15) is 5.78 Å². The normalized spacial score (nSPS) is 17.5. The van der Waals surface area contributed by atoms with Crippen LogP contribution in [0.3, 0.4) is 0 Å². The van der Waals surface area contributed by atoms with Crippen LogP contribution in [0, 0.1) is 12.3 Å². The largest absolute Gasteiger partial charge is 0.466 e. The third-order valence-electron chi connectivity index (χ3n) is 6.97. The molecule has 0 aliphatic carbocycles. The van der Waals surface area contributed by atoms with Crippen LogP contribution in [-0.4, -0.2) is 35.7 Å². The lowest BCUT2D eigenvalue weighted by Crippen LogP contribution is -2.10. The van der Waals surface area contributed by atoms with Gasteiger partial charge >= 0.3 is 5.97 Å². The molecule has 36 heavy (non-hydrogen) atoms. The smallest absolute Gasteiger partial charge is 0.305 e. The van der Waals surface area contributed by atoms with Gasteiger partial charge in [0.2, 0.25) is 0 Å². The number of aliphatic hydroxyl groups excluding tert-OH is 1. The second kappa shape index (κ2) is 22.5. The summed E-state index contributed by atoms with van der Waals surface area (Å²) in [5, 5.41) is 17.1. The molecule has 2 aliphatic heterocycles. The van der Waals surface area contributed by atoms with Crippen LogP contribution in [0.1, 0.15) is 148 Å². The molecule has 0 radical (unpaired) electrons. The average molecular weight is 505 g/mol. The predicted octanol–water partition coefficient (Wildman–Crippen LogP) is 7.86. The molecule has 6 nitrogen and oxygen atoms in total.